The minimum absolute atomic E-state index is 0.325. The Kier molecular flexibility index (Phi) is 4.12. The van der Waals surface area contributed by atoms with Gasteiger partial charge in [0.1, 0.15) is 0 Å². The van der Waals surface area contributed by atoms with Gasteiger partial charge in [-0.25, -0.2) is 12.7 Å². The highest BCUT2D eigenvalue weighted by Crippen LogP contribution is 2.31. The number of piperidine rings is 1. The zero-order valence-corrected chi connectivity index (χ0v) is 13.3. The first-order valence-corrected chi connectivity index (χ1v) is 9.60. The first-order valence-electron chi connectivity index (χ1n) is 7.75. The summed E-state index contributed by atoms with van der Waals surface area (Å²) in [4.78, 5) is 0. The van der Waals surface area contributed by atoms with Gasteiger partial charge in [-0.1, -0.05) is 0 Å². The Hall–Kier alpha value is -0.850. The van der Waals surface area contributed by atoms with Gasteiger partial charge in [-0.2, -0.15) is 0 Å². The molecule has 3 rings (SSSR count). The van der Waals surface area contributed by atoms with Crippen molar-refractivity contribution in [2.75, 3.05) is 19.3 Å². The summed E-state index contributed by atoms with van der Waals surface area (Å²) < 4.78 is 27.1. The van der Waals surface area contributed by atoms with Gasteiger partial charge in [-0.3, -0.25) is 0 Å². The summed E-state index contributed by atoms with van der Waals surface area (Å²) in [5, 5.41) is 10.0. The van der Waals surface area contributed by atoms with E-state index in [0.717, 1.165) is 44.2 Å². The molecule has 1 aromatic rings. The zero-order valence-electron chi connectivity index (χ0n) is 12.5. The Balaban J connectivity index is 1.69. The van der Waals surface area contributed by atoms with Crippen LogP contribution < -0.4 is 0 Å². The second-order valence-electron chi connectivity index (χ2n) is 6.47. The Morgan fingerprint density at radius 2 is 2.10 bits per heavy atom. The van der Waals surface area contributed by atoms with Crippen molar-refractivity contribution in [3.8, 4) is 0 Å². The predicted molar refractivity (Wildman–Crippen MR) is 81.5 cm³/mol. The highest BCUT2D eigenvalue weighted by Gasteiger charge is 2.27. The van der Waals surface area contributed by atoms with Gasteiger partial charge in [-0.15, -0.1) is 0 Å². The first-order chi connectivity index (χ1) is 9.93. The fourth-order valence-electron chi connectivity index (χ4n) is 3.60. The quantitative estimate of drug-likeness (QED) is 0.920. The molecule has 1 aliphatic heterocycles. The van der Waals surface area contributed by atoms with E-state index >= 15 is 0 Å². The number of aryl methyl sites for hydroxylation is 1. The zero-order chi connectivity index (χ0) is 15.0. The third kappa shape index (κ3) is 3.33. The molecule has 1 saturated heterocycles. The minimum Gasteiger partial charge on any atom is -0.388 e. The lowest BCUT2D eigenvalue weighted by Crippen LogP contribution is -2.40. The second kappa shape index (κ2) is 5.74. The normalized spacial score (nSPS) is 27.5. The van der Waals surface area contributed by atoms with Crippen molar-refractivity contribution in [3.63, 3.8) is 0 Å². The van der Waals surface area contributed by atoms with E-state index in [-0.39, 0.29) is 6.10 Å². The Morgan fingerprint density at radius 1 is 1.29 bits per heavy atom. The molecule has 0 radical (unpaired) electrons. The van der Waals surface area contributed by atoms with Gasteiger partial charge in [0, 0.05) is 37.6 Å². The summed E-state index contributed by atoms with van der Waals surface area (Å²) >= 11 is 0. The van der Waals surface area contributed by atoms with Crippen LogP contribution in [0.5, 0.6) is 0 Å². The van der Waals surface area contributed by atoms with Crippen LogP contribution >= 0.6 is 0 Å². The summed E-state index contributed by atoms with van der Waals surface area (Å²) in [6.45, 7) is 2.10. The summed E-state index contributed by atoms with van der Waals surface area (Å²) in [7, 11) is -3.08. The van der Waals surface area contributed by atoms with E-state index in [4.69, 9.17) is 0 Å². The molecule has 0 bridgehead atoms. The number of aliphatic hydroxyl groups excluding tert-OH is 1. The van der Waals surface area contributed by atoms with E-state index in [1.807, 2.05) is 0 Å². The predicted octanol–water partition coefficient (Wildman–Crippen LogP) is 1.53. The maximum atomic E-state index is 11.7. The van der Waals surface area contributed by atoms with Crippen LogP contribution in [0.4, 0.5) is 0 Å². The molecule has 21 heavy (non-hydrogen) atoms. The number of aliphatic hydroxyl groups is 1. The molecular formula is C15H24N2O3S. The smallest absolute Gasteiger partial charge is 0.211 e. The molecule has 2 atom stereocenters. The molecule has 1 N–H and O–H groups in total. The van der Waals surface area contributed by atoms with Crippen LogP contribution in [0.1, 0.15) is 42.9 Å². The van der Waals surface area contributed by atoms with E-state index in [9.17, 15) is 13.5 Å². The molecule has 1 aliphatic carbocycles. The van der Waals surface area contributed by atoms with Crippen molar-refractivity contribution in [1.29, 1.82) is 0 Å². The van der Waals surface area contributed by atoms with Crippen molar-refractivity contribution >= 4 is 10.0 Å². The van der Waals surface area contributed by atoms with Crippen LogP contribution in [0, 0.1) is 5.92 Å². The molecule has 2 aliphatic rings. The monoisotopic (exact) mass is 312 g/mol. The van der Waals surface area contributed by atoms with Gasteiger partial charge in [0.15, 0.2) is 0 Å². The van der Waals surface area contributed by atoms with Crippen molar-refractivity contribution in [2.45, 2.75) is 44.8 Å². The maximum Gasteiger partial charge on any atom is 0.211 e. The number of sulfonamides is 1. The standard InChI is InChI=1S/C15H24N2O3S/c1-21(19,20)17-7-3-4-12(9-17)8-16-10-13-5-2-6-15(18)14(13)11-16/h10-12,15,18H,2-9H2,1H3. The van der Waals surface area contributed by atoms with Gasteiger partial charge in [0.2, 0.25) is 10.0 Å². The number of rotatable bonds is 3. The van der Waals surface area contributed by atoms with Gasteiger partial charge < -0.3 is 9.67 Å². The lowest BCUT2D eigenvalue weighted by molar-refractivity contribution is 0.157. The van der Waals surface area contributed by atoms with Gasteiger partial charge >= 0.3 is 0 Å². The molecule has 0 spiro atoms. The van der Waals surface area contributed by atoms with Crippen molar-refractivity contribution in [3.05, 3.63) is 23.5 Å². The molecule has 0 saturated carbocycles. The highest BCUT2D eigenvalue weighted by molar-refractivity contribution is 7.88. The summed E-state index contributed by atoms with van der Waals surface area (Å²) in [5.74, 6) is 0.361. The van der Waals surface area contributed by atoms with Crippen LogP contribution in [-0.2, 0) is 23.0 Å². The molecule has 118 valence electrons. The molecule has 1 aromatic heterocycles. The summed E-state index contributed by atoms with van der Waals surface area (Å²) in [5.41, 5.74) is 2.32. The topological polar surface area (TPSA) is 62.5 Å². The van der Waals surface area contributed by atoms with Crippen LogP contribution in [0.15, 0.2) is 12.4 Å². The number of fused-ring (bicyclic) bond motifs is 1. The van der Waals surface area contributed by atoms with E-state index in [0.29, 0.717) is 19.0 Å². The fourth-order valence-corrected chi connectivity index (χ4v) is 4.55. The third-order valence-corrected chi connectivity index (χ3v) is 5.97. The molecule has 0 amide bonds. The SMILES string of the molecule is CS(=O)(=O)N1CCCC(Cn2cc3c(c2)C(O)CCC3)C1. The molecule has 0 aromatic carbocycles. The van der Waals surface area contributed by atoms with E-state index < -0.39 is 10.0 Å². The van der Waals surface area contributed by atoms with Crippen LogP contribution in [0.2, 0.25) is 0 Å². The largest absolute Gasteiger partial charge is 0.388 e. The molecule has 1 fully saturated rings. The van der Waals surface area contributed by atoms with Crippen LogP contribution in [0.3, 0.4) is 0 Å². The number of nitrogens with zero attached hydrogens (tertiary/aromatic N) is 2. The van der Waals surface area contributed by atoms with Crippen LogP contribution in [-0.4, -0.2) is 41.7 Å². The lowest BCUT2D eigenvalue weighted by Gasteiger charge is -2.31. The van der Waals surface area contributed by atoms with Crippen LogP contribution in [0.25, 0.3) is 0 Å². The number of hydrogen-bond donors (Lipinski definition) is 1. The Labute approximate surface area is 126 Å². The maximum absolute atomic E-state index is 11.7. The molecular weight excluding hydrogens is 288 g/mol. The molecule has 2 unspecified atom stereocenters. The van der Waals surface area contributed by atoms with Crippen molar-refractivity contribution in [2.24, 2.45) is 5.92 Å². The van der Waals surface area contributed by atoms with Crippen molar-refractivity contribution in [1.82, 2.24) is 8.87 Å². The second-order valence-corrected chi connectivity index (χ2v) is 8.46. The summed E-state index contributed by atoms with van der Waals surface area (Å²) in [6.07, 6.45) is 10.1. The van der Waals surface area contributed by atoms with Crippen molar-refractivity contribution < 1.29 is 13.5 Å². The van der Waals surface area contributed by atoms with E-state index in [2.05, 4.69) is 17.0 Å². The van der Waals surface area contributed by atoms with E-state index in [1.165, 1.54) is 11.8 Å². The molecule has 2 heterocycles. The Morgan fingerprint density at radius 3 is 2.81 bits per heavy atom. The number of aromatic nitrogens is 1. The first kappa shape index (κ1) is 15.1. The van der Waals surface area contributed by atoms with E-state index in [1.54, 1.807) is 4.31 Å². The lowest BCUT2D eigenvalue weighted by atomic mass is 9.93. The third-order valence-electron chi connectivity index (χ3n) is 4.70. The minimum atomic E-state index is -3.08. The highest BCUT2D eigenvalue weighted by atomic mass is 32.2. The fraction of sp³-hybridized carbons (Fsp3) is 0.733. The summed E-state index contributed by atoms with van der Waals surface area (Å²) in [6, 6.07) is 0. The van der Waals surface area contributed by atoms with Gasteiger partial charge in [0.25, 0.3) is 0 Å². The molecule has 6 heteroatoms. The van der Waals surface area contributed by atoms with Gasteiger partial charge in [0.05, 0.1) is 12.4 Å². The Bertz CT molecular complexity index is 608. The molecule has 5 nitrogen and oxygen atoms in total. The van der Waals surface area contributed by atoms with Gasteiger partial charge in [-0.05, 0) is 43.6 Å². The average molecular weight is 312 g/mol. The average Bonchev–Trinajstić information content (AvgIpc) is 2.82. The number of hydrogen-bond acceptors (Lipinski definition) is 3.